The van der Waals surface area contributed by atoms with Crippen LogP contribution >= 0.6 is 0 Å². The van der Waals surface area contributed by atoms with Gasteiger partial charge in [-0.2, -0.15) is 0 Å². The Morgan fingerprint density at radius 2 is 2.12 bits per heavy atom. The lowest BCUT2D eigenvalue weighted by Crippen LogP contribution is -2.43. The standard InChI is InChI=1S/C17H29N5O2/c1-4-7-22-12-17(5-8-21(3)9-6-17)10-14(22)16(23)18-11-15-20-19-13(2)24-15/h14H,4-12H2,1-3H3,(H,18,23). The maximum atomic E-state index is 12.7. The fraction of sp³-hybridized carbons (Fsp3) is 0.824. The van der Waals surface area contributed by atoms with Crippen molar-refractivity contribution in [2.45, 2.75) is 52.1 Å². The molecule has 0 bridgehead atoms. The zero-order valence-electron chi connectivity index (χ0n) is 15.0. The molecule has 0 radical (unpaired) electrons. The summed E-state index contributed by atoms with van der Waals surface area (Å²) in [5, 5.41) is 10.7. The van der Waals surface area contributed by atoms with Gasteiger partial charge in [-0.3, -0.25) is 9.69 Å². The van der Waals surface area contributed by atoms with Crippen molar-refractivity contribution in [3.8, 4) is 0 Å². The van der Waals surface area contributed by atoms with Crippen LogP contribution < -0.4 is 5.32 Å². The van der Waals surface area contributed by atoms with Crippen molar-refractivity contribution in [2.24, 2.45) is 5.41 Å². The third-order valence-corrected chi connectivity index (χ3v) is 5.45. The lowest BCUT2D eigenvalue weighted by atomic mass is 9.76. The van der Waals surface area contributed by atoms with Crippen LogP contribution in [-0.2, 0) is 11.3 Å². The fourth-order valence-electron chi connectivity index (χ4n) is 4.07. The summed E-state index contributed by atoms with van der Waals surface area (Å²) in [4.78, 5) is 17.5. The molecule has 134 valence electrons. The highest BCUT2D eigenvalue weighted by Gasteiger charge is 2.47. The molecule has 1 spiro atoms. The molecule has 2 aliphatic heterocycles. The number of aromatic nitrogens is 2. The average Bonchev–Trinajstić information content (AvgIpc) is 3.13. The Labute approximate surface area is 143 Å². The summed E-state index contributed by atoms with van der Waals surface area (Å²) in [6, 6.07) is -0.0302. The lowest BCUT2D eigenvalue weighted by molar-refractivity contribution is -0.125. The molecule has 1 N–H and O–H groups in total. The minimum absolute atomic E-state index is 0.0302. The quantitative estimate of drug-likeness (QED) is 0.871. The Kier molecular flexibility index (Phi) is 5.20. The minimum Gasteiger partial charge on any atom is -0.424 e. The number of piperidine rings is 1. The molecule has 2 saturated heterocycles. The van der Waals surface area contributed by atoms with Crippen molar-refractivity contribution in [1.82, 2.24) is 25.3 Å². The molecule has 3 heterocycles. The number of hydrogen-bond acceptors (Lipinski definition) is 6. The van der Waals surface area contributed by atoms with Crippen LogP contribution in [0.1, 0.15) is 44.4 Å². The van der Waals surface area contributed by atoms with E-state index < -0.39 is 0 Å². The van der Waals surface area contributed by atoms with Gasteiger partial charge < -0.3 is 14.6 Å². The molecule has 7 heteroatoms. The van der Waals surface area contributed by atoms with Crippen LogP contribution in [0, 0.1) is 12.3 Å². The Morgan fingerprint density at radius 1 is 1.38 bits per heavy atom. The highest BCUT2D eigenvalue weighted by atomic mass is 16.4. The molecule has 1 aromatic rings. The summed E-state index contributed by atoms with van der Waals surface area (Å²) >= 11 is 0. The van der Waals surface area contributed by atoms with Gasteiger partial charge in [0.05, 0.1) is 12.6 Å². The molecule has 7 nitrogen and oxygen atoms in total. The Morgan fingerprint density at radius 3 is 2.75 bits per heavy atom. The summed E-state index contributed by atoms with van der Waals surface area (Å²) in [7, 11) is 2.18. The van der Waals surface area contributed by atoms with Crippen LogP contribution in [0.3, 0.4) is 0 Å². The molecule has 1 aromatic heterocycles. The molecular weight excluding hydrogens is 306 g/mol. The van der Waals surface area contributed by atoms with Gasteiger partial charge in [-0.05, 0) is 57.8 Å². The van der Waals surface area contributed by atoms with Gasteiger partial charge in [0.25, 0.3) is 0 Å². The van der Waals surface area contributed by atoms with Crippen LogP contribution in [0.15, 0.2) is 4.42 Å². The fourth-order valence-corrected chi connectivity index (χ4v) is 4.07. The van der Waals surface area contributed by atoms with Gasteiger partial charge in [-0.1, -0.05) is 6.92 Å². The highest BCUT2D eigenvalue weighted by molar-refractivity contribution is 5.82. The van der Waals surface area contributed by atoms with Crippen molar-refractivity contribution in [3.05, 3.63) is 11.8 Å². The number of hydrogen-bond donors (Lipinski definition) is 1. The molecule has 3 rings (SSSR count). The third kappa shape index (κ3) is 3.78. The number of carbonyl (C=O) groups is 1. The summed E-state index contributed by atoms with van der Waals surface area (Å²) in [6.45, 7) is 8.54. The molecule has 1 unspecified atom stereocenters. The van der Waals surface area contributed by atoms with Crippen molar-refractivity contribution in [2.75, 3.05) is 33.2 Å². The predicted molar refractivity (Wildman–Crippen MR) is 90.3 cm³/mol. The first-order valence-electron chi connectivity index (χ1n) is 9.01. The molecule has 0 aliphatic carbocycles. The summed E-state index contributed by atoms with van der Waals surface area (Å²) in [5.41, 5.74) is 0.310. The van der Waals surface area contributed by atoms with E-state index in [1.165, 1.54) is 12.8 Å². The number of aryl methyl sites for hydroxylation is 1. The first-order chi connectivity index (χ1) is 11.5. The first kappa shape index (κ1) is 17.4. The van der Waals surface area contributed by atoms with Gasteiger partial charge in [0.2, 0.25) is 17.7 Å². The van der Waals surface area contributed by atoms with Crippen LogP contribution in [-0.4, -0.2) is 65.2 Å². The van der Waals surface area contributed by atoms with Crippen LogP contribution in [0.2, 0.25) is 0 Å². The van der Waals surface area contributed by atoms with Crippen molar-refractivity contribution in [3.63, 3.8) is 0 Å². The average molecular weight is 335 g/mol. The maximum Gasteiger partial charge on any atom is 0.237 e. The van der Waals surface area contributed by atoms with Gasteiger partial charge in [-0.15, -0.1) is 10.2 Å². The summed E-state index contributed by atoms with van der Waals surface area (Å²) < 4.78 is 5.34. The van der Waals surface area contributed by atoms with Gasteiger partial charge in [0.1, 0.15) is 0 Å². The third-order valence-electron chi connectivity index (χ3n) is 5.45. The zero-order valence-corrected chi connectivity index (χ0v) is 15.0. The van der Waals surface area contributed by atoms with Crippen LogP contribution in [0.5, 0.6) is 0 Å². The predicted octanol–water partition coefficient (Wildman–Crippen LogP) is 1.19. The van der Waals surface area contributed by atoms with E-state index in [0.29, 0.717) is 23.7 Å². The van der Waals surface area contributed by atoms with E-state index >= 15 is 0 Å². The largest absolute Gasteiger partial charge is 0.424 e. The number of nitrogens with zero attached hydrogens (tertiary/aromatic N) is 4. The van der Waals surface area contributed by atoms with E-state index in [9.17, 15) is 4.79 Å². The molecule has 1 atom stereocenters. The second-order valence-corrected chi connectivity index (χ2v) is 7.43. The van der Waals surface area contributed by atoms with Crippen molar-refractivity contribution >= 4 is 5.91 Å². The number of likely N-dealkylation sites (tertiary alicyclic amines) is 2. The van der Waals surface area contributed by atoms with Gasteiger partial charge in [0.15, 0.2) is 0 Å². The van der Waals surface area contributed by atoms with E-state index in [4.69, 9.17) is 4.42 Å². The van der Waals surface area contributed by atoms with Crippen molar-refractivity contribution < 1.29 is 9.21 Å². The Hall–Kier alpha value is -1.47. The summed E-state index contributed by atoms with van der Waals surface area (Å²) in [6.07, 6.45) is 4.42. The number of nitrogens with one attached hydrogen (secondary N) is 1. The van der Waals surface area contributed by atoms with E-state index in [1.807, 2.05) is 0 Å². The number of carbonyl (C=O) groups excluding carboxylic acids is 1. The minimum atomic E-state index is -0.0302. The van der Waals surface area contributed by atoms with E-state index in [0.717, 1.165) is 39.0 Å². The van der Waals surface area contributed by atoms with E-state index in [2.05, 4.69) is 39.3 Å². The topological polar surface area (TPSA) is 74.5 Å². The smallest absolute Gasteiger partial charge is 0.237 e. The maximum absolute atomic E-state index is 12.7. The van der Waals surface area contributed by atoms with Crippen molar-refractivity contribution in [1.29, 1.82) is 0 Å². The molecule has 2 aliphatic rings. The van der Waals surface area contributed by atoms with Gasteiger partial charge >= 0.3 is 0 Å². The second-order valence-electron chi connectivity index (χ2n) is 7.43. The number of rotatable bonds is 5. The SMILES string of the molecule is CCCN1CC2(CCN(C)CC2)CC1C(=O)NCc1nnc(C)o1. The molecular formula is C17H29N5O2. The Bertz CT molecular complexity index is 565. The normalized spacial score (nSPS) is 24.5. The number of amides is 1. The molecule has 24 heavy (non-hydrogen) atoms. The van der Waals surface area contributed by atoms with Gasteiger partial charge in [-0.25, -0.2) is 0 Å². The molecule has 2 fully saturated rings. The first-order valence-corrected chi connectivity index (χ1v) is 9.01. The van der Waals surface area contributed by atoms with Crippen LogP contribution in [0.4, 0.5) is 0 Å². The molecule has 0 aromatic carbocycles. The molecule has 0 saturated carbocycles. The van der Waals surface area contributed by atoms with E-state index in [1.54, 1.807) is 6.92 Å². The van der Waals surface area contributed by atoms with E-state index in [-0.39, 0.29) is 11.9 Å². The monoisotopic (exact) mass is 335 g/mol. The summed E-state index contributed by atoms with van der Waals surface area (Å²) in [5.74, 6) is 1.09. The molecule has 1 amide bonds. The zero-order chi connectivity index (χ0) is 17.2. The highest BCUT2D eigenvalue weighted by Crippen LogP contribution is 2.43. The lowest BCUT2D eigenvalue weighted by Gasteiger charge is -2.37. The van der Waals surface area contributed by atoms with Gasteiger partial charge in [0, 0.05) is 13.5 Å². The second kappa shape index (κ2) is 7.19. The Balaban J connectivity index is 1.62. The van der Waals surface area contributed by atoms with Crippen LogP contribution in [0.25, 0.3) is 0 Å².